The van der Waals surface area contributed by atoms with Gasteiger partial charge in [0.2, 0.25) is 0 Å². The number of hydrogen-bond donors (Lipinski definition) is 1. The Morgan fingerprint density at radius 3 is 2.30 bits per heavy atom. The van der Waals surface area contributed by atoms with Gasteiger partial charge in [0.15, 0.2) is 6.61 Å². The fourth-order valence-corrected chi connectivity index (χ4v) is 2.64. The Labute approximate surface area is 171 Å². The SMILES string of the molecule is COC(=O)C(Cc1ccccc1)NC(=O)COC(=O)Cc1cccc(C(F)(F)F)c1. The van der Waals surface area contributed by atoms with E-state index in [9.17, 15) is 27.6 Å². The van der Waals surface area contributed by atoms with Gasteiger partial charge in [-0.15, -0.1) is 0 Å². The molecule has 6 nitrogen and oxygen atoms in total. The standard InChI is InChI=1S/C21H20F3NO5/c1-29-20(28)17(11-14-6-3-2-4-7-14)25-18(26)13-30-19(27)12-15-8-5-9-16(10-15)21(22,23)24/h2-10,17H,11-13H2,1H3,(H,25,26). The molecular formula is C21H20F3NO5. The first-order valence-corrected chi connectivity index (χ1v) is 8.92. The molecule has 2 aromatic carbocycles. The molecule has 0 spiro atoms. The number of halogens is 3. The van der Waals surface area contributed by atoms with Gasteiger partial charge in [-0.05, 0) is 17.2 Å². The van der Waals surface area contributed by atoms with Crippen molar-refractivity contribution in [3.05, 3.63) is 71.3 Å². The van der Waals surface area contributed by atoms with Crippen LogP contribution < -0.4 is 5.32 Å². The van der Waals surface area contributed by atoms with Crippen LogP contribution in [0.25, 0.3) is 0 Å². The van der Waals surface area contributed by atoms with Crippen LogP contribution in [0, 0.1) is 0 Å². The summed E-state index contributed by atoms with van der Waals surface area (Å²) < 4.78 is 47.7. The molecule has 0 aliphatic rings. The van der Waals surface area contributed by atoms with E-state index in [2.05, 4.69) is 10.1 Å². The zero-order chi connectivity index (χ0) is 22.1. The number of amides is 1. The van der Waals surface area contributed by atoms with Crippen LogP contribution in [0.5, 0.6) is 0 Å². The Morgan fingerprint density at radius 1 is 1.00 bits per heavy atom. The van der Waals surface area contributed by atoms with E-state index in [0.29, 0.717) is 0 Å². The Kier molecular flexibility index (Phi) is 7.97. The van der Waals surface area contributed by atoms with E-state index in [-0.39, 0.29) is 12.0 Å². The lowest BCUT2D eigenvalue weighted by Crippen LogP contribution is -2.44. The molecule has 1 amide bonds. The topological polar surface area (TPSA) is 81.7 Å². The van der Waals surface area contributed by atoms with Gasteiger partial charge in [0.1, 0.15) is 6.04 Å². The van der Waals surface area contributed by atoms with Gasteiger partial charge in [0, 0.05) is 6.42 Å². The summed E-state index contributed by atoms with van der Waals surface area (Å²) >= 11 is 0. The lowest BCUT2D eigenvalue weighted by molar-refractivity contribution is -0.150. The smallest absolute Gasteiger partial charge is 0.416 e. The zero-order valence-electron chi connectivity index (χ0n) is 16.1. The van der Waals surface area contributed by atoms with Crippen molar-refractivity contribution < 1.29 is 37.0 Å². The van der Waals surface area contributed by atoms with Crippen molar-refractivity contribution in [3.63, 3.8) is 0 Å². The first-order chi connectivity index (χ1) is 14.2. The molecule has 0 radical (unpaired) electrons. The number of carbonyl (C=O) groups is 3. The maximum Gasteiger partial charge on any atom is 0.416 e. The Balaban J connectivity index is 1.89. The van der Waals surface area contributed by atoms with E-state index in [0.717, 1.165) is 17.7 Å². The van der Waals surface area contributed by atoms with E-state index >= 15 is 0 Å². The molecule has 0 heterocycles. The van der Waals surface area contributed by atoms with Crippen LogP contribution in [0.15, 0.2) is 54.6 Å². The number of alkyl halides is 3. The Morgan fingerprint density at radius 2 is 1.67 bits per heavy atom. The summed E-state index contributed by atoms with van der Waals surface area (Å²) in [5.74, 6) is -2.27. The molecule has 1 unspecified atom stereocenters. The van der Waals surface area contributed by atoms with Gasteiger partial charge in [-0.25, -0.2) is 4.79 Å². The molecule has 2 rings (SSSR count). The second-order valence-electron chi connectivity index (χ2n) is 6.37. The fraction of sp³-hybridized carbons (Fsp3) is 0.286. The van der Waals surface area contributed by atoms with E-state index < -0.39 is 48.7 Å². The summed E-state index contributed by atoms with van der Waals surface area (Å²) in [7, 11) is 1.18. The van der Waals surface area contributed by atoms with Crippen molar-refractivity contribution in [1.82, 2.24) is 5.32 Å². The number of esters is 2. The molecular weight excluding hydrogens is 403 g/mol. The van der Waals surface area contributed by atoms with E-state index in [1.54, 1.807) is 30.3 Å². The van der Waals surface area contributed by atoms with Crippen LogP contribution in [-0.4, -0.2) is 37.6 Å². The number of benzene rings is 2. The molecule has 0 saturated carbocycles. The molecule has 2 aromatic rings. The normalized spacial score (nSPS) is 12.0. The fourth-order valence-electron chi connectivity index (χ4n) is 2.64. The van der Waals surface area contributed by atoms with Crippen LogP contribution in [-0.2, 0) is 42.9 Å². The predicted octanol–water partition coefficient (Wildman–Crippen LogP) is 2.69. The van der Waals surface area contributed by atoms with Gasteiger partial charge in [-0.3, -0.25) is 9.59 Å². The second kappa shape index (κ2) is 10.4. The quantitative estimate of drug-likeness (QED) is 0.661. The minimum Gasteiger partial charge on any atom is -0.467 e. The molecule has 0 saturated heterocycles. The number of carbonyl (C=O) groups excluding carboxylic acids is 3. The molecule has 9 heteroatoms. The average Bonchev–Trinajstić information content (AvgIpc) is 2.71. The van der Waals surface area contributed by atoms with Crippen molar-refractivity contribution >= 4 is 17.8 Å². The van der Waals surface area contributed by atoms with Crippen molar-refractivity contribution in [2.75, 3.05) is 13.7 Å². The van der Waals surface area contributed by atoms with Gasteiger partial charge in [0.25, 0.3) is 5.91 Å². The van der Waals surface area contributed by atoms with Gasteiger partial charge in [-0.1, -0.05) is 48.5 Å². The molecule has 0 bridgehead atoms. The van der Waals surface area contributed by atoms with Gasteiger partial charge >= 0.3 is 18.1 Å². The third-order valence-corrected chi connectivity index (χ3v) is 4.07. The molecule has 0 aromatic heterocycles. The van der Waals surface area contributed by atoms with Gasteiger partial charge < -0.3 is 14.8 Å². The van der Waals surface area contributed by atoms with E-state index in [1.807, 2.05) is 0 Å². The maximum atomic E-state index is 12.7. The molecule has 160 valence electrons. The third kappa shape index (κ3) is 7.23. The maximum absolute atomic E-state index is 12.7. The van der Waals surface area contributed by atoms with Crippen LogP contribution >= 0.6 is 0 Å². The van der Waals surface area contributed by atoms with Crippen molar-refractivity contribution in [1.29, 1.82) is 0 Å². The summed E-state index contributed by atoms with van der Waals surface area (Å²) in [4.78, 5) is 35.8. The summed E-state index contributed by atoms with van der Waals surface area (Å²) in [6.07, 6.45) is -4.78. The van der Waals surface area contributed by atoms with Crippen molar-refractivity contribution in [3.8, 4) is 0 Å². The first kappa shape index (κ1) is 22.9. The monoisotopic (exact) mass is 423 g/mol. The average molecular weight is 423 g/mol. The number of methoxy groups -OCH3 is 1. The highest BCUT2D eigenvalue weighted by molar-refractivity contribution is 5.86. The highest BCUT2D eigenvalue weighted by Crippen LogP contribution is 2.29. The minimum absolute atomic E-state index is 0.103. The number of hydrogen-bond acceptors (Lipinski definition) is 5. The summed E-state index contributed by atoms with van der Waals surface area (Å²) in [6, 6.07) is 12.2. The molecule has 30 heavy (non-hydrogen) atoms. The molecule has 0 fully saturated rings. The van der Waals surface area contributed by atoms with Crippen molar-refractivity contribution in [2.45, 2.75) is 25.1 Å². The van der Waals surface area contributed by atoms with E-state index in [4.69, 9.17) is 4.74 Å². The highest BCUT2D eigenvalue weighted by atomic mass is 19.4. The van der Waals surface area contributed by atoms with Crippen LogP contribution in [0.4, 0.5) is 13.2 Å². The summed E-state index contributed by atoms with van der Waals surface area (Å²) in [5.41, 5.74) is 0.00821. The number of ether oxygens (including phenoxy) is 2. The first-order valence-electron chi connectivity index (χ1n) is 8.92. The minimum atomic E-state index is -4.53. The zero-order valence-corrected chi connectivity index (χ0v) is 16.1. The third-order valence-electron chi connectivity index (χ3n) is 4.07. The highest BCUT2D eigenvalue weighted by Gasteiger charge is 2.30. The lowest BCUT2D eigenvalue weighted by Gasteiger charge is -2.16. The van der Waals surface area contributed by atoms with Crippen LogP contribution in [0.2, 0.25) is 0 Å². The van der Waals surface area contributed by atoms with Crippen LogP contribution in [0.1, 0.15) is 16.7 Å². The Hall–Kier alpha value is -3.36. The van der Waals surface area contributed by atoms with Gasteiger partial charge in [-0.2, -0.15) is 13.2 Å². The van der Waals surface area contributed by atoms with Crippen molar-refractivity contribution in [2.24, 2.45) is 0 Å². The van der Waals surface area contributed by atoms with Gasteiger partial charge in [0.05, 0.1) is 19.1 Å². The summed E-state index contributed by atoms with van der Waals surface area (Å²) in [6.45, 7) is -0.680. The molecule has 1 N–H and O–H groups in total. The number of nitrogens with one attached hydrogen (secondary N) is 1. The molecule has 1 atom stereocenters. The van der Waals surface area contributed by atoms with E-state index in [1.165, 1.54) is 19.2 Å². The lowest BCUT2D eigenvalue weighted by atomic mass is 10.1. The molecule has 0 aliphatic heterocycles. The molecule has 0 aliphatic carbocycles. The largest absolute Gasteiger partial charge is 0.467 e. The van der Waals surface area contributed by atoms with Crippen LogP contribution in [0.3, 0.4) is 0 Å². The number of rotatable bonds is 8. The predicted molar refractivity (Wildman–Crippen MR) is 100 cm³/mol. The summed E-state index contributed by atoms with van der Waals surface area (Å²) in [5, 5.41) is 2.42. The Bertz CT molecular complexity index is 884. The second-order valence-corrected chi connectivity index (χ2v) is 6.37.